The van der Waals surface area contributed by atoms with Gasteiger partial charge in [0.1, 0.15) is 5.75 Å². The molecule has 112 valence electrons. The Morgan fingerprint density at radius 2 is 1.90 bits per heavy atom. The number of nitrogens with zero attached hydrogens (tertiary/aromatic N) is 1. The van der Waals surface area contributed by atoms with Gasteiger partial charge in [0, 0.05) is 18.8 Å². The summed E-state index contributed by atoms with van der Waals surface area (Å²) in [6.07, 6.45) is 4.32. The van der Waals surface area contributed by atoms with Crippen molar-refractivity contribution in [1.82, 2.24) is 9.55 Å². The van der Waals surface area contributed by atoms with E-state index in [0.717, 1.165) is 30.6 Å². The van der Waals surface area contributed by atoms with Crippen LogP contribution in [0.4, 0.5) is 0 Å². The Balaban J connectivity index is 1.67. The van der Waals surface area contributed by atoms with E-state index < -0.39 is 0 Å². The number of aromatic nitrogens is 2. The van der Waals surface area contributed by atoms with Crippen molar-refractivity contribution in [2.45, 2.75) is 32.7 Å². The lowest BCUT2D eigenvalue weighted by molar-refractivity contribution is 0.301. The molecular formula is C16H20N2O3. The molecule has 1 aromatic carbocycles. The second-order valence-corrected chi connectivity index (χ2v) is 4.98. The van der Waals surface area contributed by atoms with Gasteiger partial charge in [0.2, 0.25) is 0 Å². The summed E-state index contributed by atoms with van der Waals surface area (Å²) in [6.45, 7) is 3.31. The summed E-state index contributed by atoms with van der Waals surface area (Å²) in [6, 6.07) is 9.31. The van der Waals surface area contributed by atoms with Crippen molar-refractivity contribution in [3.63, 3.8) is 0 Å². The summed E-state index contributed by atoms with van der Waals surface area (Å²) in [7, 11) is 0. The standard InChI is InChI=1S/C16H20N2O3/c1-13-7-3-4-8-14(13)21-12-6-2-5-10-18-11-9-15(19)17-16(18)20/h3-4,7-9,11H,2,5-6,10,12H2,1H3,(H,17,19,20). The van der Waals surface area contributed by atoms with E-state index in [1.165, 1.54) is 16.8 Å². The molecule has 0 aliphatic heterocycles. The van der Waals surface area contributed by atoms with E-state index in [0.29, 0.717) is 13.2 Å². The van der Waals surface area contributed by atoms with Gasteiger partial charge in [0.25, 0.3) is 5.56 Å². The summed E-state index contributed by atoms with van der Waals surface area (Å²) < 4.78 is 7.23. The lowest BCUT2D eigenvalue weighted by Gasteiger charge is -2.09. The number of unbranched alkanes of at least 4 members (excludes halogenated alkanes) is 2. The SMILES string of the molecule is Cc1ccccc1OCCCCCn1ccc(=O)[nH]c1=O. The molecule has 0 bridgehead atoms. The summed E-state index contributed by atoms with van der Waals surface area (Å²) in [5.41, 5.74) is 0.429. The third-order valence-corrected chi connectivity index (χ3v) is 3.29. The lowest BCUT2D eigenvalue weighted by atomic mass is 10.2. The monoisotopic (exact) mass is 288 g/mol. The number of hydrogen-bond acceptors (Lipinski definition) is 3. The van der Waals surface area contributed by atoms with E-state index >= 15 is 0 Å². The van der Waals surface area contributed by atoms with Crippen LogP contribution in [0.25, 0.3) is 0 Å². The Morgan fingerprint density at radius 3 is 2.67 bits per heavy atom. The predicted molar refractivity (Wildman–Crippen MR) is 81.8 cm³/mol. The van der Waals surface area contributed by atoms with E-state index in [1.807, 2.05) is 31.2 Å². The minimum absolute atomic E-state index is 0.348. The zero-order valence-corrected chi connectivity index (χ0v) is 12.2. The first-order valence-electron chi connectivity index (χ1n) is 7.15. The highest BCUT2D eigenvalue weighted by Crippen LogP contribution is 2.16. The molecule has 0 unspecified atom stereocenters. The number of ether oxygens (including phenoxy) is 1. The van der Waals surface area contributed by atoms with Crippen LogP contribution in [-0.2, 0) is 6.54 Å². The number of benzene rings is 1. The Kier molecular flexibility index (Phi) is 5.37. The third-order valence-electron chi connectivity index (χ3n) is 3.29. The van der Waals surface area contributed by atoms with Crippen LogP contribution in [0.15, 0.2) is 46.1 Å². The van der Waals surface area contributed by atoms with Gasteiger partial charge in [-0.15, -0.1) is 0 Å². The number of hydrogen-bond donors (Lipinski definition) is 1. The van der Waals surface area contributed by atoms with E-state index in [2.05, 4.69) is 4.98 Å². The second kappa shape index (κ2) is 7.47. The molecule has 1 N–H and O–H groups in total. The fourth-order valence-electron chi connectivity index (χ4n) is 2.08. The van der Waals surface area contributed by atoms with Gasteiger partial charge in [0.15, 0.2) is 0 Å². The Hall–Kier alpha value is -2.30. The summed E-state index contributed by atoms with van der Waals surface area (Å²) in [5, 5.41) is 0. The smallest absolute Gasteiger partial charge is 0.328 e. The van der Waals surface area contributed by atoms with Crippen LogP contribution >= 0.6 is 0 Å². The topological polar surface area (TPSA) is 64.1 Å². The van der Waals surface area contributed by atoms with Crippen molar-refractivity contribution in [3.05, 3.63) is 62.9 Å². The normalized spacial score (nSPS) is 10.5. The minimum Gasteiger partial charge on any atom is -0.493 e. The fourth-order valence-corrected chi connectivity index (χ4v) is 2.08. The molecule has 0 fully saturated rings. The molecule has 0 radical (unpaired) electrons. The number of aryl methyl sites for hydroxylation is 2. The van der Waals surface area contributed by atoms with E-state index in [4.69, 9.17) is 4.74 Å². The van der Waals surface area contributed by atoms with Crippen molar-refractivity contribution in [3.8, 4) is 5.75 Å². The van der Waals surface area contributed by atoms with Crippen molar-refractivity contribution in [2.75, 3.05) is 6.61 Å². The zero-order chi connectivity index (χ0) is 15.1. The molecule has 0 aliphatic rings. The highest BCUT2D eigenvalue weighted by atomic mass is 16.5. The average molecular weight is 288 g/mol. The molecule has 0 aliphatic carbocycles. The molecule has 2 aromatic rings. The molecule has 0 saturated carbocycles. The Bertz CT molecular complexity index is 688. The summed E-state index contributed by atoms with van der Waals surface area (Å²) >= 11 is 0. The maximum absolute atomic E-state index is 11.5. The minimum atomic E-state index is -0.358. The highest BCUT2D eigenvalue weighted by Gasteiger charge is 1.99. The molecule has 5 nitrogen and oxygen atoms in total. The number of nitrogens with one attached hydrogen (secondary N) is 1. The summed E-state index contributed by atoms with van der Waals surface area (Å²) in [5.74, 6) is 0.925. The first-order valence-corrected chi connectivity index (χ1v) is 7.15. The maximum atomic E-state index is 11.5. The first-order chi connectivity index (χ1) is 10.2. The molecule has 1 heterocycles. The first kappa shape index (κ1) is 15.1. The second-order valence-electron chi connectivity index (χ2n) is 4.98. The molecule has 0 amide bonds. The molecule has 2 rings (SSSR count). The van der Waals surface area contributed by atoms with Gasteiger partial charge in [0.05, 0.1) is 6.61 Å². The number of H-pyrrole nitrogens is 1. The average Bonchev–Trinajstić information content (AvgIpc) is 2.46. The molecule has 1 aromatic heterocycles. The molecule has 0 spiro atoms. The van der Waals surface area contributed by atoms with Gasteiger partial charge in [-0.3, -0.25) is 9.78 Å². The number of aromatic amines is 1. The maximum Gasteiger partial charge on any atom is 0.328 e. The van der Waals surface area contributed by atoms with Crippen molar-refractivity contribution in [2.24, 2.45) is 0 Å². The number of para-hydroxylation sites is 1. The van der Waals surface area contributed by atoms with Gasteiger partial charge in [-0.1, -0.05) is 18.2 Å². The van der Waals surface area contributed by atoms with Gasteiger partial charge in [-0.25, -0.2) is 4.79 Å². The van der Waals surface area contributed by atoms with Gasteiger partial charge in [-0.05, 0) is 37.8 Å². The fraction of sp³-hybridized carbons (Fsp3) is 0.375. The molecule has 0 saturated heterocycles. The highest BCUT2D eigenvalue weighted by molar-refractivity contribution is 5.31. The molecule has 0 atom stereocenters. The van der Waals surface area contributed by atoms with Crippen molar-refractivity contribution < 1.29 is 4.74 Å². The Labute approximate surface area is 123 Å². The molecular weight excluding hydrogens is 268 g/mol. The zero-order valence-electron chi connectivity index (χ0n) is 12.2. The van der Waals surface area contributed by atoms with E-state index in [9.17, 15) is 9.59 Å². The quantitative estimate of drug-likeness (QED) is 0.793. The van der Waals surface area contributed by atoms with Crippen molar-refractivity contribution >= 4 is 0 Å². The Morgan fingerprint density at radius 1 is 1.10 bits per heavy atom. The van der Waals surface area contributed by atoms with Crippen molar-refractivity contribution in [1.29, 1.82) is 0 Å². The van der Waals surface area contributed by atoms with Crippen LogP contribution in [0.1, 0.15) is 24.8 Å². The predicted octanol–water partition coefficient (Wildman–Crippen LogP) is 2.09. The van der Waals surface area contributed by atoms with Gasteiger partial charge >= 0.3 is 5.69 Å². The van der Waals surface area contributed by atoms with E-state index in [-0.39, 0.29) is 11.2 Å². The molecule has 21 heavy (non-hydrogen) atoms. The van der Waals surface area contributed by atoms with Gasteiger partial charge < -0.3 is 9.30 Å². The van der Waals surface area contributed by atoms with Crippen LogP contribution in [0.5, 0.6) is 5.75 Å². The van der Waals surface area contributed by atoms with E-state index in [1.54, 1.807) is 0 Å². The van der Waals surface area contributed by atoms with Crippen LogP contribution in [-0.4, -0.2) is 16.2 Å². The van der Waals surface area contributed by atoms with Crippen LogP contribution < -0.4 is 16.0 Å². The lowest BCUT2D eigenvalue weighted by Crippen LogP contribution is -2.28. The van der Waals surface area contributed by atoms with Crippen LogP contribution in [0.2, 0.25) is 0 Å². The van der Waals surface area contributed by atoms with Crippen LogP contribution in [0, 0.1) is 6.92 Å². The van der Waals surface area contributed by atoms with Crippen LogP contribution in [0.3, 0.4) is 0 Å². The summed E-state index contributed by atoms with van der Waals surface area (Å²) in [4.78, 5) is 24.6. The van der Waals surface area contributed by atoms with Gasteiger partial charge in [-0.2, -0.15) is 0 Å². The molecule has 5 heteroatoms. The largest absolute Gasteiger partial charge is 0.493 e. The number of rotatable bonds is 7. The third kappa shape index (κ3) is 4.63.